The minimum atomic E-state index is -0.407. The van der Waals surface area contributed by atoms with Crippen molar-refractivity contribution in [3.05, 3.63) is 53.6 Å². The van der Waals surface area contributed by atoms with Crippen LogP contribution in [0.4, 0.5) is 5.69 Å². The molecule has 148 valence electrons. The summed E-state index contributed by atoms with van der Waals surface area (Å²) >= 11 is 8.52. The molecule has 2 rings (SSSR count). The van der Waals surface area contributed by atoms with Crippen LogP contribution in [0.2, 0.25) is 5.02 Å². The van der Waals surface area contributed by atoms with Crippen molar-refractivity contribution in [3.8, 4) is 0 Å². The number of hydrogen-bond donors (Lipinski definition) is 3. The maximum absolute atomic E-state index is 12.2. The number of thioether (sulfide) groups is 2. The van der Waals surface area contributed by atoms with E-state index in [-0.39, 0.29) is 23.5 Å². The van der Waals surface area contributed by atoms with Crippen molar-refractivity contribution >= 4 is 58.5 Å². The number of carbonyl (C=O) groups excluding carboxylic acids is 3. The van der Waals surface area contributed by atoms with E-state index in [1.54, 1.807) is 31.2 Å². The number of halogens is 1. The summed E-state index contributed by atoms with van der Waals surface area (Å²) in [7, 11) is 0. The van der Waals surface area contributed by atoms with Crippen LogP contribution in [0.5, 0.6) is 0 Å². The zero-order chi connectivity index (χ0) is 20.5. The lowest BCUT2D eigenvalue weighted by Gasteiger charge is -2.13. The molecular weight excluding hydrogens is 418 g/mol. The van der Waals surface area contributed by atoms with Gasteiger partial charge >= 0.3 is 0 Å². The highest BCUT2D eigenvalue weighted by molar-refractivity contribution is 8.00. The molecule has 0 saturated carbocycles. The monoisotopic (exact) mass is 437 g/mol. The minimum Gasteiger partial charge on any atom is -0.326 e. The van der Waals surface area contributed by atoms with Crippen molar-refractivity contribution < 1.29 is 14.4 Å². The first kappa shape index (κ1) is 22.1. The third kappa shape index (κ3) is 7.84. The Labute approximate surface area is 177 Å². The van der Waals surface area contributed by atoms with Gasteiger partial charge in [0, 0.05) is 27.4 Å². The molecule has 0 aromatic heterocycles. The Bertz CT molecular complexity index is 829. The van der Waals surface area contributed by atoms with E-state index in [0.717, 1.165) is 9.79 Å². The second-order valence-electron chi connectivity index (χ2n) is 5.75. The molecule has 28 heavy (non-hydrogen) atoms. The lowest BCUT2D eigenvalue weighted by molar-refractivity contribution is -0.127. The van der Waals surface area contributed by atoms with Gasteiger partial charge in [0.1, 0.15) is 0 Å². The molecule has 3 amide bonds. The van der Waals surface area contributed by atoms with Crippen LogP contribution < -0.4 is 16.2 Å². The van der Waals surface area contributed by atoms with E-state index < -0.39 is 5.25 Å². The fourth-order valence-corrected chi connectivity index (χ4v) is 3.72. The van der Waals surface area contributed by atoms with E-state index in [1.807, 2.05) is 24.3 Å². The molecule has 6 nitrogen and oxygen atoms in total. The molecule has 0 aliphatic heterocycles. The predicted molar refractivity (Wildman–Crippen MR) is 115 cm³/mol. The SMILES string of the molecule is CC(=O)Nc1ccc(SC(C)C(=O)NNC(=O)CSc2ccc(Cl)cc2)cc1. The summed E-state index contributed by atoms with van der Waals surface area (Å²) in [5.41, 5.74) is 5.54. The number of anilines is 1. The highest BCUT2D eigenvalue weighted by atomic mass is 35.5. The van der Waals surface area contributed by atoms with Crippen LogP contribution in [0.15, 0.2) is 58.3 Å². The van der Waals surface area contributed by atoms with Crippen LogP contribution in [0, 0.1) is 0 Å². The lowest BCUT2D eigenvalue weighted by Crippen LogP contribution is -2.45. The van der Waals surface area contributed by atoms with Gasteiger partial charge in [-0.2, -0.15) is 0 Å². The summed E-state index contributed by atoms with van der Waals surface area (Å²) in [4.78, 5) is 36.8. The molecule has 3 N–H and O–H groups in total. The van der Waals surface area contributed by atoms with Crippen LogP contribution in [0.3, 0.4) is 0 Å². The second-order valence-corrected chi connectivity index (χ2v) is 8.65. The third-order valence-corrected chi connectivity index (χ3v) is 5.74. The number of rotatable bonds is 7. The first-order valence-corrected chi connectivity index (χ1v) is 10.6. The normalized spacial score (nSPS) is 11.4. The predicted octanol–water partition coefficient (Wildman–Crippen LogP) is 3.72. The van der Waals surface area contributed by atoms with Crippen molar-refractivity contribution in [2.45, 2.75) is 28.9 Å². The van der Waals surface area contributed by atoms with Gasteiger partial charge in [-0.05, 0) is 55.5 Å². The maximum Gasteiger partial charge on any atom is 0.251 e. The zero-order valence-electron chi connectivity index (χ0n) is 15.3. The Kier molecular flexibility index (Phi) is 8.69. The van der Waals surface area contributed by atoms with Crippen LogP contribution in [0.25, 0.3) is 0 Å². The van der Waals surface area contributed by atoms with Crippen molar-refractivity contribution in [2.75, 3.05) is 11.1 Å². The number of hydrazine groups is 1. The van der Waals surface area contributed by atoms with Gasteiger partial charge in [0.05, 0.1) is 11.0 Å². The van der Waals surface area contributed by atoms with Gasteiger partial charge < -0.3 is 5.32 Å². The summed E-state index contributed by atoms with van der Waals surface area (Å²) in [6.45, 7) is 3.19. The summed E-state index contributed by atoms with van der Waals surface area (Å²) in [5, 5.41) is 2.91. The molecule has 0 bridgehead atoms. The highest BCUT2D eigenvalue weighted by Gasteiger charge is 2.15. The third-order valence-electron chi connectivity index (χ3n) is 3.37. The minimum absolute atomic E-state index is 0.141. The summed E-state index contributed by atoms with van der Waals surface area (Å²) in [6, 6.07) is 14.3. The number of benzene rings is 2. The van der Waals surface area contributed by atoms with Crippen LogP contribution in [-0.4, -0.2) is 28.7 Å². The van der Waals surface area contributed by atoms with E-state index in [0.29, 0.717) is 10.7 Å². The Morgan fingerprint density at radius 1 is 0.964 bits per heavy atom. The standard InChI is InChI=1S/C19H20ClN3O3S2/c1-12(28-17-9-5-15(6-10-17)21-13(2)24)19(26)23-22-18(25)11-27-16-7-3-14(20)4-8-16/h3-10,12H,11H2,1-2H3,(H,21,24)(H,22,25)(H,23,26). The molecule has 0 aliphatic carbocycles. The molecule has 2 aromatic carbocycles. The molecular formula is C19H20ClN3O3S2. The second kappa shape index (κ2) is 11.0. The number of carbonyl (C=O) groups is 3. The Morgan fingerprint density at radius 2 is 1.57 bits per heavy atom. The largest absolute Gasteiger partial charge is 0.326 e. The molecule has 0 radical (unpaired) electrons. The van der Waals surface area contributed by atoms with Gasteiger partial charge in [0.25, 0.3) is 5.91 Å². The van der Waals surface area contributed by atoms with Gasteiger partial charge in [0.2, 0.25) is 11.8 Å². The van der Waals surface area contributed by atoms with Crippen LogP contribution in [-0.2, 0) is 14.4 Å². The molecule has 0 fully saturated rings. The van der Waals surface area contributed by atoms with Crippen molar-refractivity contribution in [2.24, 2.45) is 0 Å². The summed E-state index contributed by atoms with van der Waals surface area (Å²) in [5.74, 6) is -0.572. The number of nitrogens with one attached hydrogen (secondary N) is 3. The van der Waals surface area contributed by atoms with E-state index in [2.05, 4.69) is 16.2 Å². The van der Waals surface area contributed by atoms with E-state index in [1.165, 1.54) is 30.4 Å². The highest BCUT2D eigenvalue weighted by Crippen LogP contribution is 2.25. The first-order chi connectivity index (χ1) is 13.3. The van der Waals surface area contributed by atoms with E-state index in [4.69, 9.17) is 11.6 Å². The average molecular weight is 438 g/mol. The average Bonchev–Trinajstić information content (AvgIpc) is 2.66. The van der Waals surface area contributed by atoms with Crippen LogP contribution >= 0.6 is 35.1 Å². The van der Waals surface area contributed by atoms with Crippen molar-refractivity contribution in [1.82, 2.24) is 10.9 Å². The topological polar surface area (TPSA) is 87.3 Å². The smallest absolute Gasteiger partial charge is 0.251 e. The Morgan fingerprint density at radius 3 is 2.18 bits per heavy atom. The quantitative estimate of drug-likeness (QED) is 0.454. The van der Waals surface area contributed by atoms with Gasteiger partial charge in [-0.3, -0.25) is 25.2 Å². The summed E-state index contributed by atoms with van der Waals surface area (Å²) < 4.78 is 0. The Hall–Kier alpha value is -2.16. The van der Waals surface area contributed by atoms with E-state index in [9.17, 15) is 14.4 Å². The lowest BCUT2D eigenvalue weighted by atomic mass is 10.3. The van der Waals surface area contributed by atoms with Crippen LogP contribution in [0.1, 0.15) is 13.8 Å². The fourth-order valence-electron chi connectivity index (χ4n) is 2.03. The molecule has 0 heterocycles. The molecule has 0 saturated heterocycles. The maximum atomic E-state index is 12.2. The summed E-state index contributed by atoms with van der Waals surface area (Å²) in [6.07, 6.45) is 0. The number of amides is 3. The molecule has 2 aromatic rings. The molecule has 9 heteroatoms. The molecule has 0 spiro atoms. The fraction of sp³-hybridized carbons (Fsp3) is 0.211. The zero-order valence-corrected chi connectivity index (χ0v) is 17.7. The van der Waals surface area contributed by atoms with Gasteiger partial charge in [-0.15, -0.1) is 23.5 Å². The van der Waals surface area contributed by atoms with Gasteiger partial charge in [-0.25, -0.2) is 0 Å². The Balaban J connectivity index is 1.73. The molecule has 1 unspecified atom stereocenters. The first-order valence-electron chi connectivity index (χ1n) is 8.35. The molecule has 0 aliphatic rings. The van der Waals surface area contributed by atoms with E-state index >= 15 is 0 Å². The van der Waals surface area contributed by atoms with Gasteiger partial charge in [-0.1, -0.05) is 11.6 Å². The number of hydrogen-bond acceptors (Lipinski definition) is 5. The van der Waals surface area contributed by atoms with Crippen molar-refractivity contribution in [3.63, 3.8) is 0 Å². The van der Waals surface area contributed by atoms with Crippen molar-refractivity contribution in [1.29, 1.82) is 0 Å². The van der Waals surface area contributed by atoms with Gasteiger partial charge in [0.15, 0.2) is 0 Å². The molecule has 1 atom stereocenters.